The smallest absolute Gasteiger partial charge is 0.0618 e. The highest BCUT2D eigenvalue weighted by molar-refractivity contribution is 14.3. The second-order valence-electron chi connectivity index (χ2n) is 1.77. The molecule has 0 aliphatic carbocycles. The van der Waals surface area contributed by atoms with E-state index >= 15 is 0 Å². The summed E-state index contributed by atoms with van der Waals surface area (Å²) in [6.07, 6.45) is 0. The molecule has 0 spiro atoms. The lowest BCUT2D eigenvalue weighted by molar-refractivity contribution is 1.42. The van der Waals surface area contributed by atoms with Crippen molar-refractivity contribution in [1.29, 1.82) is 0 Å². The Morgan fingerprint density at radius 1 is 1.20 bits per heavy atom. The summed E-state index contributed by atoms with van der Waals surface area (Å²) in [5.41, 5.74) is 1.23. The van der Waals surface area contributed by atoms with Gasteiger partial charge in [-0.3, -0.25) is 0 Å². The quantitative estimate of drug-likeness (QED) is 0.433. The molecule has 0 unspecified atom stereocenters. The first-order valence-corrected chi connectivity index (χ1v) is 5.88. The van der Waals surface area contributed by atoms with E-state index in [0.29, 0.717) is 0 Å². The van der Waals surface area contributed by atoms with Crippen molar-refractivity contribution in [3.63, 3.8) is 0 Å². The van der Waals surface area contributed by atoms with Crippen LogP contribution in [-0.2, 0) is -0.565 Å². The van der Waals surface area contributed by atoms with Gasteiger partial charge in [0.15, 0.2) is 0 Å². The fourth-order valence-corrected chi connectivity index (χ4v) is 1.58. The molecule has 1 rings (SSSR count). The molecule has 0 N–H and O–H groups in total. The lowest BCUT2D eigenvalue weighted by atomic mass is 10.2. The maximum absolute atomic E-state index is 3.19. The summed E-state index contributed by atoms with van der Waals surface area (Å²) in [5.74, 6) is 0. The van der Waals surface area contributed by atoms with Gasteiger partial charge in [0.2, 0.25) is 0 Å². The lowest BCUT2D eigenvalue weighted by Crippen LogP contribution is -1.95. The van der Waals surface area contributed by atoms with E-state index in [-0.39, 0.29) is -0.565 Å². The van der Waals surface area contributed by atoms with Crippen molar-refractivity contribution in [2.24, 2.45) is 0 Å². The van der Waals surface area contributed by atoms with Gasteiger partial charge in [0.05, 0.1) is 0 Å². The monoisotopic (exact) mass is 469 g/mol. The fraction of sp³-hybridized carbons (Fsp3) is 0.143. The van der Waals surface area contributed by atoms with Gasteiger partial charge in [-0.25, -0.2) is 0 Å². The molecule has 1 radical (unpaired) electrons. The molecular formula is C7H4I3. The fourth-order valence-electron chi connectivity index (χ4n) is 0.570. The van der Waals surface area contributed by atoms with Gasteiger partial charge in [0, 0.05) is 0 Å². The van der Waals surface area contributed by atoms with E-state index in [1.54, 1.807) is 0 Å². The minimum atomic E-state index is 0.147. The Morgan fingerprint density at radius 3 is 2.20 bits per heavy atom. The van der Waals surface area contributed by atoms with Crippen molar-refractivity contribution >= 4 is 67.8 Å². The SMILES string of the molecule is IC(I)(I)c1[c]cccc1. The Morgan fingerprint density at radius 2 is 1.90 bits per heavy atom. The summed E-state index contributed by atoms with van der Waals surface area (Å²) < 4.78 is 0.147. The van der Waals surface area contributed by atoms with Crippen LogP contribution in [0.5, 0.6) is 0 Å². The third-order valence-electron chi connectivity index (χ3n) is 1.01. The average molecular weight is 469 g/mol. The van der Waals surface area contributed by atoms with E-state index < -0.39 is 0 Å². The normalized spacial score (nSPS) is 11.5. The highest BCUT2D eigenvalue weighted by Crippen LogP contribution is 2.45. The minimum Gasteiger partial charge on any atom is -0.0618 e. The zero-order chi connectivity index (χ0) is 7.61. The van der Waals surface area contributed by atoms with E-state index in [1.807, 2.05) is 18.2 Å². The Bertz CT molecular complexity index is 200. The van der Waals surface area contributed by atoms with E-state index in [1.165, 1.54) is 5.56 Å². The maximum atomic E-state index is 3.19. The van der Waals surface area contributed by atoms with Crippen LogP contribution in [0, 0.1) is 6.07 Å². The molecule has 3 heteroatoms. The van der Waals surface area contributed by atoms with Crippen LogP contribution in [0.4, 0.5) is 0 Å². The van der Waals surface area contributed by atoms with Crippen LogP contribution in [0.25, 0.3) is 0 Å². The molecule has 0 saturated heterocycles. The predicted molar refractivity (Wildman–Crippen MR) is 69.0 cm³/mol. The molecule has 0 bridgehead atoms. The van der Waals surface area contributed by atoms with Crippen LogP contribution >= 0.6 is 67.8 Å². The molecule has 0 saturated carbocycles. The van der Waals surface area contributed by atoms with Gasteiger partial charge < -0.3 is 0 Å². The van der Waals surface area contributed by atoms with E-state index in [9.17, 15) is 0 Å². The van der Waals surface area contributed by atoms with Gasteiger partial charge in [0.25, 0.3) is 0 Å². The topological polar surface area (TPSA) is 0 Å². The first-order chi connectivity index (χ1) is 4.61. The highest BCUT2D eigenvalue weighted by Gasteiger charge is 2.19. The van der Waals surface area contributed by atoms with Crippen LogP contribution in [0.2, 0.25) is 0 Å². The number of halogens is 3. The van der Waals surface area contributed by atoms with Crippen LogP contribution in [0.3, 0.4) is 0 Å². The number of hydrogen-bond acceptors (Lipinski definition) is 0. The minimum absolute atomic E-state index is 0.147. The zero-order valence-corrected chi connectivity index (χ0v) is 11.4. The van der Waals surface area contributed by atoms with Gasteiger partial charge in [-0.2, -0.15) is 0 Å². The molecule has 0 atom stereocenters. The Kier molecular flexibility index (Phi) is 3.69. The zero-order valence-electron chi connectivity index (χ0n) is 4.94. The molecule has 10 heavy (non-hydrogen) atoms. The molecule has 1 aromatic rings. The van der Waals surface area contributed by atoms with Crippen molar-refractivity contribution in [1.82, 2.24) is 0 Å². The molecule has 0 amide bonds. The van der Waals surface area contributed by atoms with Gasteiger partial charge >= 0.3 is 0 Å². The first-order valence-electron chi connectivity index (χ1n) is 2.64. The van der Waals surface area contributed by atoms with Crippen molar-refractivity contribution in [2.75, 3.05) is 0 Å². The van der Waals surface area contributed by atoms with Gasteiger partial charge in [0.1, 0.15) is -0.565 Å². The van der Waals surface area contributed by atoms with E-state index in [2.05, 4.69) is 79.9 Å². The van der Waals surface area contributed by atoms with Gasteiger partial charge in [-0.15, -0.1) is 0 Å². The Balaban J connectivity index is 2.97. The van der Waals surface area contributed by atoms with E-state index in [4.69, 9.17) is 0 Å². The van der Waals surface area contributed by atoms with Crippen LogP contribution in [0.15, 0.2) is 24.3 Å². The summed E-state index contributed by atoms with van der Waals surface area (Å²) in [6, 6.07) is 11.2. The molecule has 0 aliphatic heterocycles. The number of alkyl halides is 3. The molecule has 0 nitrogen and oxygen atoms in total. The van der Waals surface area contributed by atoms with Crippen LogP contribution in [0.1, 0.15) is 5.56 Å². The molecule has 0 fully saturated rings. The summed E-state index contributed by atoms with van der Waals surface area (Å²) in [7, 11) is 0. The highest BCUT2D eigenvalue weighted by atomic mass is 127. The largest absolute Gasteiger partial charge is 0.149 e. The molecule has 0 aromatic heterocycles. The Hall–Kier alpha value is 1.41. The average Bonchev–Trinajstić information content (AvgIpc) is 1.88. The maximum Gasteiger partial charge on any atom is 0.149 e. The molecule has 53 valence electrons. The van der Waals surface area contributed by atoms with Crippen molar-refractivity contribution in [3.8, 4) is 0 Å². The summed E-state index contributed by atoms with van der Waals surface area (Å²) >= 11 is 7.15. The second kappa shape index (κ2) is 3.88. The summed E-state index contributed by atoms with van der Waals surface area (Å²) in [6.45, 7) is 0. The van der Waals surface area contributed by atoms with E-state index in [0.717, 1.165) is 0 Å². The molecule has 1 aromatic carbocycles. The second-order valence-corrected chi connectivity index (χ2v) is 12.8. The summed E-state index contributed by atoms with van der Waals surface area (Å²) in [5, 5.41) is 0. The van der Waals surface area contributed by atoms with Crippen LogP contribution in [-0.4, -0.2) is 0 Å². The lowest BCUT2D eigenvalue weighted by Gasteiger charge is -2.10. The van der Waals surface area contributed by atoms with Crippen molar-refractivity contribution in [3.05, 3.63) is 35.9 Å². The van der Waals surface area contributed by atoms with Crippen molar-refractivity contribution < 1.29 is 0 Å². The van der Waals surface area contributed by atoms with Gasteiger partial charge in [-0.1, -0.05) is 24.3 Å². The van der Waals surface area contributed by atoms with Crippen LogP contribution < -0.4 is 0 Å². The van der Waals surface area contributed by atoms with Gasteiger partial charge in [-0.05, 0) is 79.4 Å². The summed E-state index contributed by atoms with van der Waals surface area (Å²) in [4.78, 5) is 0. The molecular weight excluding hydrogens is 465 g/mol. The number of hydrogen-bond donors (Lipinski definition) is 0. The Labute approximate surface area is 102 Å². The third-order valence-corrected chi connectivity index (χ3v) is 2.76. The molecule has 0 aliphatic rings. The first kappa shape index (κ1) is 9.50. The van der Waals surface area contributed by atoms with Crippen molar-refractivity contribution in [2.45, 2.75) is -0.565 Å². The molecule has 0 heterocycles. The predicted octanol–water partition coefficient (Wildman–Crippen LogP) is 3.90. The number of benzene rings is 1. The standard InChI is InChI=1S/C7H4I3/c8-7(9,10)6-4-2-1-3-5-6/h1-4H. The number of rotatable bonds is 1. The third kappa shape index (κ3) is 2.80.